The Morgan fingerprint density at radius 2 is 2.23 bits per heavy atom. The highest BCUT2D eigenvalue weighted by Crippen LogP contribution is 2.25. The minimum absolute atomic E-state index is 0.0713. The minimum atomic E-state index is -0.419. The smallest absolute Gasteiger partial charge is 0.338 e. The van der Waals surface area contributed by atoms with Crippen molar-refractivity contribution in [2.24, 2.45) is 0 Å². The second-order valence-electron chi connectivity index (χ2n) is 5.43. The van der Waals surface area contributed by atoms with Crippen molar-refractivity contribution in [3.8, 4) is 0 Å². The zero-order chi connectivity index (χ0) is 15.5. The fourth-order valence-corrected chi connectivity index (χ4v) is 2.84. The Bertz CT molecular complexity index is 744. The van der Waals surface area contributed by atoms with E-state index in [9.17, 15) is 14.0 Å². The van der Waals surface area contributed by atoms with Gasteiger partial charge in [-0.25, -0.2) is 14.2 Å². The maximum absolute atomic E-state index is 13.3. The van der Waals surface area contributed by atoms with Gasteiger partial charge in [-0.2, -0.15) is 0 Å². The highest BCUT2D eigenvalue weighted by molar-refractivity contribution is 5.94. The Labute approximate surface area is 126 Å². The van der Waals surface area contributed by atoms with E-state index in [1.165, 1.54) is 24.4 Å². The second kappa shape index (κ2) is 6.09. The predicted octanol–water partition coefficient (Wildman–Crippen LogP) is 1.93. The van der Waals surface area contributed by atoms with Crippen LogP contribution in [0.1, 0.15) is 34.8 Å². The number of carbonyl (C=O) groups excluding carboxylic acids is 1. The van der Waals surface area contributed by atoms with Crippen LogP contribution in [-0.4, -0.2) is 33.9 Å². The van der Waals surface area contributed by atoms with Gasteiger partial charge in [0.25, 0.3) is 5.91 Å². The summed E-state index contributed by atoms with van der Waals surface area (Å²) in [5.74, 6) is -0.527. The second-order valence-corrected chi connectivity index (χ2v) is 5.43. The van der Waals surface area contributed by atoms with Gasteiger partial charge in [0.1, 0.15) is 5.82 Å². The fraction of sp³-hybridized carbons (Fsp3) is 0.312. The molecule has 1 aromatic carbocycles. The molecule has 1 unspecified atom stereocenters. The first-order valence-corrected chi connectivity index (χ1v) is 7.23. The zero-order valence-corrected chi connectivity index (χ0v) is 12.0. The summed E-state index contributed by atoms with van der Waals surface area (Å²) in [6.45, 7) is 1.15. The Morgan fingerprint density at radius 1 is 1.36 bits per heavy atom. The van der Waals surface area contributed by atoms with Crippen LogP contribution in [-0.2, 0) is 0 Å². The summed E-state index contributed by atoms with van der Waals surface area (Å²) in [4.78, 5) is 31.8. The van der Waals surface area contributed by atoms with Gasteiger partial charge in [0.2, 0.25) is 0 Å². The van der Waals surface area contributed by atoms with E-state index in [0.29, 0.717) is 18.7 Å². The molecule has 1 fully saturated rings. The molecule has 5 nitrogen and oxygen atoms in total. The number of aromatic amines is 1. The maximum Gasteiger partial charge on any atom is 0.345 e. The molecule has 114 valence electrons. The topological polar surface area (TPSA) is 66.1 Å². The summed E-state index contributed by atoms with van der Waals surface area (Å²) >= 11 is 0. The standard InChI is InChI=1S/C16H16FN3O2/c17-13-5-1-3-11(9-13)15(21)20-8-2-4-12(10-20)14-6-7-18-16(22)19-14/h1,3,5-7,9,12H,2,4,8,10H2,(H,18,19,22). The van der Waals surface area contributed by atoms with E-state index in [4.69, 9.17) is 0 Å². The van der Waals surface area contributed by atoms with Crippen molar-refractivity contribution in [1.82, 2.24) is 14.9 Å². The molecule has 1 aliphatic rings. The van der Waals surface area contributed by atoms with Gasteiger partial charge in [0, 0.05) is 36.5 Å². The average molecular weight is 301 g/mol. The summed E-state index contributed by atoms with van der Waals surface area (Å²) in [7, 11) is 0. The molecular formula is C16H16FN3O2. The molecule has 1 aliphatic heterocycles. The third kappa shape index (κ3) is 3.05. The molecule has 22 heavy (non-hydrogen) atoms. The van der Waals surface area contributed by atoms with E-state index in [-0.39, 0.29) is 17.5 Å². The van der Waals surface area contributed by atoms with Crippen molar-refractivity contribution in [3.05, 3.63) is 64.1 Å². The normalized spacial score (nSPS) is 18.2. The number of halogens is 1. The van der Waals surface area contributed by atoms with Crippen LogP contribution in [0.15, 0.2) is 41.3 Å². The number of nitrogens with one attached hydrogen (secondary N) is 1. The largest absolute Gasteiger partial charge is 0.345 e. The molecule has 2 aromatic rings. The molecule has 1 N–H and O–H groups in total. The third-order valence-electron chi connectivity index (χ3n) is 3.92. The van der Waals surface area contributed by atoms with Gasteiger partial charge >= 0.3 is 5.69 Å². The lowest BCUT2D eigenvalue weighted by atomic mass is 9.94. The number of piperidine rings is 1. The van der Waals surface area contributed by atoms with Crippen LogP contribution in [0.2, 0.25) is 0 Å². The lowest BCUT2D eigenvalue weighted by Gasteiger charge is -2.32. The molecule has 0 aliphatic carbocycles. The van der Waals surface area contributed by atoms with E-state index in [1.54, 1.807) is 17.0 Å². The molecule has 6 heteroatoms. The number of likely N-dealkylation sites (tertiary alicyclic amines) is 1. The van der Waals surface area contributed by atoms with Crippen LogP contribution in [0.3, 0.4) is 0 Å². The first-order valence-electron chi connectivity index (χ1n) is 7.23. The van der Waals surface area contributed by atoms with E-state index in [2.05, 4.69) is 9.97 Å². The van der Waals surface area contributed by atoms with Crippen molar-refractivity contribution in [2.45, 2.75) is 18.8 Å². The minimum Gasteiger partial charge on any atom is -0.338 e. The summed E-state index contributed by atoms with van der Waals surface area (Å²) < 4.78 is 13.3. The number of H-pyrrole nitrogens is 1. The Hall–Kier alpha value is -2.50. The van der Waals surface area contributed by atoms with Crippen LogP contribution in [0.4, 0.5) is 4.39 Å². The van der Waals surface area contributed by atoms with Crippen molar-refractivity contribution in [1.29, 1.82) is 0 Å². The van der Waals surface area contributed by atoms with Gasteiger partial charge in [0.05, 0.1) is 0 Å². The number of benzene rings is 1. The SMILES string of the molecule is O=C(c1cccc(F)c1)N1CCCC(c2ccnc(=O)[nH]2)C1. The van der Waals surface area contributed by atoms with Gasteiger partial charge in [-0.05, 0) is 37.1 Å². The number of nitrogens with zero attached hydrogens (tertiary/aromatic N) is 2. The van der Waals surface area contributed by atoms with Crippen LogP contribution >= 0.6 is 0 Å². The lowest BCUT2D eigenvalue weighted by Crippen LogP contribution is -2.39. The summed E-state index contributed by atoms with van der Waals surface area (Å²) in [5.41, 5.74) is 0.756. The molecule has 2 heterocycles. The molecule has 1 aromatic heterocycles. The number of carbonyl (C=O) groups is 1. The summed E-state index contributed by atoms with van der Waals surface area (Å²) in [6, 6.07) is 7.48. The lowest BCUT2D eigenvalue weighted by molar-refractivity contribution is 0.0705. The zero-order valence-electron chi connectivity index (χ0n) is 12.0. The van der Waals surface area contributed by atoms with E-state index in [1.807, 2.05) is 0 Å². The quantitative estimate of drug-likeness (QED) is 0.921. The third-order valence-corrected chi connectivity index (χ3v) is 3.92. The predicted molar refractivity (Wildman–Crippen MR) is 79.1 cm³/mol. The molecular weight excluding hydrogens is 285 g/mol. The highest BCUT2D eigenvalue weighted by atomic mass is 19.1. The number of hydrogen-bond donors (Lipinski definition) is 1. The number of hydrogen-bond acceptors (Lipinski definition) is 3. The van der Waals surface area contributed by atoms with Crippen molar-refractivity contribution in [2.75, 3.05) is 13.1 Å². The maximum atomic E-state index is 13.3. The van der Waals surface area contributed by atoms with Gasteiger partial charge in [0.15, 0.2) is 0 Å². The fourth-order valence-electron chi connectivity index (χ4n) is 2.84. The average Bonchev–Trinajstić information content (AvgIpc) is 2.54. The molecule has 0 radical (unpaired) electrons. The monoisotopic (exact) mass is 301 g/mol. The first kappa shape index (κ1) is 14.4. The summed E-state index contributed by atoms with van der Waals surface area (Å²) in [6.07, 6.45) is 3.21. The van der Waals surface area contributed by atoms with Gasteiger partial charge in [-0.3, -0.25) is 4.79 Å². The van der Waals surface area contributed by atoms with Crippen LogP contribution < -0.4 is 5.69 Å². The van der Waals surface area contributed by atoms with Gasteiger partial charge in [-0.15, -0.1) is 0 Å². The van der Waals surface area contributed by atoms with E-state index >= 15 is 0 Å². The van der Waals surface area contributed by atoms with Gasteiger partial charge < -0.3 is 9.88 Å². The number of rotatable bonds is 2. The van der Waals surface area contributed by atoms with E-state index in [0.717, 1.165) is 18.5 Å². The molecule has 0 spiro atoms. The Balaban J connectivity index is 1.78. The van der Waals surface area contributed by atoms with E-state index < -0.39 is 5.82 Å². The van der Waals surface area contributed by atoms with Crippen molar-refractivity contribution < 1.29 is 9.18 Å². The molecule has 1 amide bonds. The highest BCUT2D eigenvalue weighted by Gasteiger charge is 2.26. The Kier molecular flexibility index (Phi) is 4.00. The number of amides is 1. The molecule has 0 bridgehead atoms. The molecule has 3 rings (SSSR count). The van der Waals surface area contributed by atoms with Crippen LogP contribution in [0.5, 0.6) is 0 Å². The van der Waals surface area contributed by atoms with Crippen molar-refractivity contribution >= 4 is 5.91 Å². The first-order chi connectivity index (χ1) is 10.6. The number of aromatic nitrogens is 2. The van der Waals surface area contributed by atoms with Crippen LogP contribution in [0.25, 0.3) is 0 Å². The molecule has 1 saturated heterocycles. The van der Waals surface area contributed by atoms with Gasteiger partial charge in [-0.1, -0.05) is 6.07 Å². The van der Waals surface area contributed by atoms with Crippen LogP contribution in [0, 0.1) is 5.82 Å². The Morgan fingerprint density at radius 3 is 3.00 bits per heavy atom. The molecule has 0 saturated carbocycles. The van der Waals surface area contributed by atoms with Crippen molar-refractivity contribution in [3.63, 3.8) is 0 Å². The summed E-state index contributed by atoms with van der Waals surface area (Å²) in [5, 5.41) is 0. The molecule has 1 atom stereocenters.